The van der Waals surface area contributed by atoms with Crippen molar-refractivity contribution in [2.75, 3.05) is 19.4 Å². The molecule has 0 atom stereocenters. The van der Waals surface area contributed by atoms with Gasteiger partial charge in [0.2, 0.25) is 0 Å². The SMILES string of the molecule is CCCc1[nH]nc(C(=O)NCCC(=O)OC)c1N. The van der Waals surface area contributed by atoms with Gasteiger partial charge in [0.1, 0.15) is 0 Å². The summed E-state index contributed by atoms with van der Waals surface area (Å²) in [5.74, 6) is -0.771. The van der Waals surface area contributed by atoms with Crippen LogP contribution in [-0.2, 0) is 16.0 Å². The minimum Gasteiger partial charge on any atom is -0.469 e. The molecule has 0 aromatic carbocycles. The van der Waals surface area contributed by atoms with Gasteiger partial charge >= 0.3 is 5.97 Å². The van der Waals surface area contributed by atoms with Gasteiger partial charge in [0.15, 0.2) is 5.69 Å². The maximum atomic E-state index is 11.7. The van der Waals surface area contributed by atoms with Gasteiger partial charge in [-0.05, 0) is 6.42 Å². The number of nitrogen functional groups attached to an aromatic ring is 1. The summed E-state index contributed by atoms with van der Waals surface area (Å²) in [6.07, 6.45) is 1.78. The number of hydrogen-bond donors (Lipinski definition) is 3. The molecular formula is C11H18N4O3. The van der Waals surface area contributed by atoms with Crippen LogP contribution in [0.15, 0.2) is 0 Å². The van der Waals surface area contributed by atoms with Crippen molar-refractivity contribution < 1.29 is 14.3 Å². The van der Waals surface area contributed by atoms with Crippen molar-refractivity contribution in [3.8, 4) is 0 Å². The van der Waals surface area contributed by atoms with Gasteiger partial charge in [-0.3, -0.25) is 14.7 Å². The van der Waals surface area contributed by atoms with Crippen LogP contribution in [0.5, 0.6) is 0 Å². The number of nitrogens with one attached hydrogen (secondary N) is 2. The first-order valence-electron chi connectivity index (χ1n) is 5.77. The maximum absolute atomic E-state index is 11.7. The van der Waals surface area contributed by atoms with Crippen molar-refractivity contribution in [1.82, 2.24) is 15.5 Å². The first-order valence-corrected chi connectivity index (χ1v) is 5.77. The summed E-state index contributed by atoms with van der Waals surface area (Å²) in [7, 11) is 1.30. The molecule has 1 rings (SSSR count). The molecule has 7 nitrogen and oxygen atoms in total. The standard InChI is InChI=1S/C11H18N4O3/c1-3-4-7-9(12)10(15-14-7)11(17)13-6-5-8(16)18-2/h3-6,12H2,1-2H3,(H,13,17)(H,14,15). The quantitative estimate of drug-likeness (QED) is 0.630. The lowest BCUT2D eigenvalue weighted by Gasteiger charge is -2.03. The summed E-state index contributed by atoms with van der Waals surface area (Å²) in [5, 5.41) is 9.17. The number of carbonyl (C=O) groups is 2. The average Bonchev–Trinajstić information content (AvgIpc) is 2.71. The highest BCUT2D eigenvalue weighted by atomic mass is 16.5. The van der Waals surface area contributed by atoms with E-state index < -0.39 is 5.91 Å². The van der Waals surface area contributed by atoms with Crippen molar-refractivity contribution in [2.45, 2.75) is 26.2 Å². The Morgan fingerprint density at radius 2 is 2.22 bits per heavy atom. The van der Waals surface area contributed by atoms with Gasteiger partial charge in [0.25, 0.3) is 5.91 Å². The Kier molecular flexibility index (Phi) is 5.16. The van der Waals surface area contributed by atoms with Crippen LogP contribution in [0.4, 0.5) is 5.69 Å². The monoisotopic (exact) mass is 254 g/mol. The third kappa shape index (κ3) is 3.47. The Morgan fingerprint density at radius 3 is 2.83 bits per heavy atom. The number of hydrogen-bond acceptors (Lipinski definition) is 5. The Morgan fingerprint density at radius 1 is 1.50 bits per heavy atom. The molecular weight excluding hydrogens is 236 g/mol. The number of anilines is 1. The zero-order chi connectivity index (χ0) is 13.5. The lowest BCUT2D eigenvalue weighted by molar-refractivity contribution is -0.140. The number of aryl methyl sites for hydroxylation is 1. The molecule has 0 fully saturated rings. The molecule has 1 amide bonds. The van der Waals surface area contributed by atoms with Gasteiger partial charge in [-0.1, -0.05) is 13.3 Å². The average molecular weight is 254 g/mol. The van der Waals surface area contributed by atoms with Gasteiger partial charge in [0.05, 0.1) is 24.9 Å². The van der Waals surface area contributed by atoms with Gasteiger partial charge in [-0.25, -0.2) is 0 Å². The molecule has 1 aromatic rings. The number of amides is 1. The molecule has 0 radical (unpaired) electrons. The van der Waals surface area contributed by atoms with Crippen LogP contribution >= 0.6 is 0 Å². The van der Waals surface area contributed by atoms with E-state index >= 15 is 0 Å². The van der Waals surface area contributed by atoms with Crippen molar-refractivity contribution in [3.63, 3.8) is 0 Å². The molecule has 0 bridgehead atoms. The van der Waals surface area contributed by atoms with Gasteiger partial charge in [-0.2, -0.15) is 5.10 Å². The fraction of sp³-hybridized carbons (Fsp3) is 0.545. The van der Waals surface area contributed by atoms with E-state index in [1.54, 1.807) is 0 Å². The number of nitrogens with zero attached hydrogens (tertiary/aromatic N) is 1. The molecule has 0 saturated heterocycles. The number of methoxy groups -OCH3 is 1. The summed E-state index contributed by atoms with van der Waals surface area (Å²) < 4.78 is 4.46. The van der Waals surface area contributed by atoms with Gasteiger partial charge in [0, 0.05) is 6.54 Å². The van der Waals surface area contributed by atoms with Crippen molar-refractivity contribution >= 4 is 17.6 Å². The molecule has 0 aliphatic heterocycles. The van der Waals surface area contributed by atoms with E-state index in [0.29, 0.717) is 5.69 Å². The first kappa shape index (κ1) is 14.0. The van der Waals surface area contributed by atoms with E-state index in [2.05, 4.69) is 20.3 Å². The Bertz CT molecular complexity index is 428. The number of carbonyl (C=O) groups excluding carboxylic acids is 2. The second-order valence-corrected chi connectivity index (χ2v) is 3.80. The molecule has 18 heavy (non-hydrogen) atoms. The van der Waals surface area contributed by atoms with E-state index in [0.717, 1.165) is 18.5 Å². The molecule has 0 unspecified atom stereocenters. The van der Waals surface area contributed by atoms with Crippen molar-refractivity contribution in [3.05, 3.63) is 11.4 Å². The summed E-state index contributed by atoms with van der Waals surface area (Å²) in [6.45, 7) is 2.21. The molecule has 0 aliphatic rings. The molecule has 1 heterocycles. The maximum Gasteiger partial charge on any atom is 0.307 e. The smallest absolute Gasteiger partial charge is 0.307 e. The molecule has 0 saturated carbocycles. The van der Waals surface area contributed by atoms with Crippen LogP contribution in [0, 0.1) is 0 Å². The predicted molar refractivity (Wildman–Crippen MR) is 66.0 cm³/mol. The van der Waals surface area contributed by atoms with Gasteiger partial charge < -0.3 is 15.8 Å². The lowest BCUT2D eigenvalue weighted by Crippen LogP contribution is -2.27. The van der Waals surface area contributed by atoms with Crippen LogP contribution in [-0.4, -0.2) is 35.7 Å². The Balaban J connectivity index is 2.54. The minimum atomic E-state index is -0.394. The van der Waals surface area contributed by atoms with Gasteiger partial charge in [-0.15, -0.1) is 0 Å². The number of esters is 1. The fourth-order valence-corrected chi connectivity index (χ4v) is 1.46. The first-order chi connectivity index (χ1) is 8.60. The molecule has 7 heteroatoms. The molecule has 1 aromatic heterocycles. The van der Waals surface area contributed by atoms with Crippen LogP contribution in [0.3, 0.4) is 0 Å². The summed E-state index contributed by atoms with van der Waals surface area (Å²) in [5.41, 5.74) is 7.10. The molecule has 4 N–H and O–H groups in total. The number of H-pyrrole nitrogens is 1. The highest BCUT2D eigenvalue weighted by Gasteiger charge is 2.16. The minimum absolute atomic E-state index is 0.119. The van der Waals surface area contributed by atoms with E-state index in [9.17, 15) is 9.59 Å². The molecule has 100 valence electrons. The van der Waals surface area contributed by atoms with Crippen molar-refractivity contribution in [1.29, 1.82) is 0 Å². The highest BCUT2D eigenvalue weighted by Crippen LogP contribution is 2.15. The second-order valence-electron chi connectivity index (χ2n) is 3.80. The lowest BCUT2D eigenvalue weighted by atomic mass is 10.2. The zero-order valence-electron chi connectivity index (χ0n) is 10.6. The third-order valence-electron chi connectivity index (χ3n) is 2.44. The van der Waals surface area contributed by atoms with Crippen molar-refractivity contribution in [2.24, 2.45) is 0 Å². The highest BCUT2D eigenvalue weighted by molar-refractivity contribution is 5.97. The van der Waals surface area contributed by atoms with Crippen LogP contribution in [0.2, 0.25) is 0 Å². The third-order valence-corrected chi connectivity index (χ3v) is 2.44. The Hall–Kier alpha value is -2.05. The van der Waals surface area contributed by atoms with Crippen LogP contribution in [0.1, 0.15) is 35.9 Å². The molecule has 0 aliphatic carbocycles. The number of aromatic amines is 1. The number of nitrogens with two attached hydrogens (primary N) is 1. The van der Waals surface area contributed by atoms with E-state index in [1.807, 2.05) is 6.92 Å². The van der Waals surface area contributed by atoms with Crippen LogP contribution < -0.4 is 11.1 Å². The predicted octanol–water partition coefficient (Wildman–Crippen LogP) is 0.237. The Labute approximate surface area is 105 Å². The van der Waals surface area contributed by atoms with E-state index in [-0.39, 0.29) is 24.6 Å². The normalized spacial score (nSPS) is 10.1. The van der Waals surface area contributed by atoms with E-state index in [1.165, 1.54) is 7.11 Å². The summed E-state index contributed by atoms with van der Waals surface area (Å²) in [4.78, 5) is 22.6. The second kappa shape index (κ2) is 6.63. The van der Waals surface area contributed by atoms with E-state index in [4.69, 9.17) is 5.73 Å². The number of rotatable bonds is 6. The summed E-state index contributed by atoms with van der Waals surface area (Å²) >= 11 is 0. The van der Waals surface area contributed by atoms with Crippen LogP contribution in [0.25, 0.3) is 0 Å². The zero-order valence-corrected chi connectivity index (χ0v) is 10.6. The molecule has 0 spiro atoms. The largest absolute Gasteiger partial charge is 0.469 e. The summed E-state index contributed by atoms with van der Waals surface area (Å²) in [6, 6.07) is 0. The number of aromatic nitrogens is 2. The topological polar surface area (TPSA) is 110 Å². The fourth-order valence-electron chi connectivity index (χ4n) is 1.46. The number of ether oxygens (including phenoxy) is 1.